The number of pyridine rings is 1. The monoisotopic (exact) mass is 225 g/mol. The van der Waals surface area contributed by atoms with Crippen LogP contribution >= 0.6 is 11.6 Å². The van der Waals surface area contributed by atoms with Crippen LogP contribution in [0, 0.1) is 11.3 Å². The van der Waals surface area contributed by atoms with Gasteiger partial charge in [0.1, 0.15) is 5.15 Å². The molecule has 0 amide bonds. The molecule has 2 atom stereocenters. The summed E-state index contributed by atoms with van der Waals surface area (Å²) in [6, 6.07) is 5.33. The van der Waals surface area contributed by atoms with Crippen molar-refractivity contribution in [3.8, 4) is 0 Å². The van der Waals surface area contributed by atoms with Crippen LogP contribution in [0.3, 0.4) is 0 Å². The third-order valence-corrected chi connectivity index (χ3v) is 3.36. The Labute approximate surface area is 93.1 Å². The third-order valence-electron chi connectivity index (χ3n) is 3.15. The highest BCUT2D eigenvalue weighted by atomic mass is 35.5. The first kappa shape index (κ1) is 10.4. The fourth-order valence-electron chi connectivity index (χ4n) is 2.25. The number of hydrogen-bond donors (Lipinski definition) is 1. The topological polar surface area (TPSA) is 50.2 Å². The fourth-order valence-corrected chi connectivity index (χ4v) is 2.42. The minimum atomic E-state index is -0.758. The van der Waals surface area contributed by atoms with Crippen molar-refractivity contribution in [2.45, 2.75) is 19.8 Å². The molecular weight excluding hydrogens is 214 g/mol. The number of carboxylic acids is 1. The summed E-state index contributed by atoms with van der Waals surface area (Å²) in [5.74, 6) is -1.12. The van der Waals surface area contributed by atoms with E-state index in [1.54, 1.807) is 12.1 Å². The molecule has 2 unspecified atom stereocenters. The van der Waals surface area contributed by atoms with E-state index < -0.39 is 5.97 Å². The van der Waals surface area contributed by atoms with Crippen molar-refractivity contribution in [2.24, 2.45) is 11.3 Å². The molecule has 0 spiro atoms. The van der Waals surface area contributed by atoms with Gasteiger partial charge in [-0.3, -0.25) is 4.79 Å². The molecule has 1 N–H and O–H groups in total. The zero-order valence-electron chi connectivity index (χ0n) is 8.57. The lowest BCUT2D eigenvalue weighted by molar-refractivity contribution is -0.139. The number of hydrogen-bond acceptors (Lipinski definition) is 2. The standard InChI is InChI=1S/C11H12ClNO2/c1-11(2)8(9(11)10(14)15)6-4-3-5-7(12)13-6/h3-5,8-9H,1-2H3,(H,14,15). The van der Waals surface area contributed by atoms with Crippen molar-refractivity contribution < 1.29 is 9.90 Å². The highest BCUT2D eigenvalue weighted by Crippen LogP contribution is 2.64. The molecule has 3 nitrogen and oxygen atoms in total. The van der Waals surface area contributed by atoms with E-state index in [9.17, 15) is 4.79 Å². The predicted molar refractivity (Wildman–Crippen MR) is 56.9 cm³/mol. The molecule has 1 saturated carbocycles. The number of nitrogens with zero attached hydrogens (tertiary/aromatic N) is 1. The first-order chi connectivity index (χ1) is 6.94. The Balaban J connectivity index is 2.31. The molecular formula is C11H12ClNO2. The fraction of sp³-hybridized carbons (Fsp3) is 0.455. The summed E-state index contributed by atoms with van der Waals surface area (Å²) >= 11 is 5.78. The van der Waals surface area contributed by atoms with Gasteiger partial charge in [0.25, 0.3) is 0 Å². The largest absolute Gasteiger partial charge is 0.481 e. The van der Waals surface area contributed by atoms with Crippen molar-refractivity contribution in [3.63, 3.8) is 0 Å². The van der Waals surface area contributed by atoms with E-state index in [2.05, 4.69) is 4.98 Å². The van der Waals surface area contributed by atoms with Crippen LogP contribution in [0.5, 0.6) is 0 Å². The summed E-state index contributed by atoms with van der Waals surface area (Å²) in [5, 5.41) is 9.45. The number of halogens is 1. The third kappa shape index (κ3) is 1.61. The highest BCUT2D eigenvalue weighted by molar-refractivity contribution is 6.29. The Hall–Kier alpha value is -1.09. The van der Waals surface area contributed by atoms with Gasteiger partial charge in [-0.25, -0.2) is 4.98 Å². The van der Waals surface area contributed by atoms with Gasteiger partial charge in [0.15, 0.2) is 0 Å². The Morgan fingerprint density at radius 1 is 1.53 bits per heavy atom. The van der Waals surface area contributed by atoms with E-state index in [0.29, 0.717) is 5.15 Å². The number of aromatic nitrogens is 1. The van der Waals surface area contributed by atoms with E-state index in [4.69, 9.17) is 16.7 Å². The van der Waals surface area contributed by atoms with Crippen molar-refractivity contribution >= 4 is 17.6 Å². The molecule has 0 aromatic carbocycles. The molecule has 80 valence electrons. The zero-order valence-corrected chi connectivity index (χ0v) is 9.32. The molecule has 15 heavy (non-hydrogen) atoms. The van der Waals surface area contributed by atoms with Crippen LogP contribution in [0.1, 0.15) is 25.5 Å². The van der Waals surface area contributed by atoms with Crippen molar-refractivity contribution in [3.05, 3.63) is 29.0 Å². The number of carbonyl (C=O) groups is 1. The van der Waals surface area contributed by atoms with E-state index in [1.807, 2.05) is 19.9 Å². The van der Waals surface area contributed by atoms with Crippen LogP contribution in [0.25, 0.3) is 0 Å². The number of rotatable bonds is 2. The van der Waals surface area contributed by atoms with E-state index in [0.717, 1.165) is 5.69 Å². The number of carboxylic acid groups (broad SMARTS) is 1. The smallest absolute Gasteiger partial charge is 0.307 e. The van der Waals surface area contributed by atoms with E-state index >= 15 is 0 Å². The van der Waals surface area contributed by atoms with Crippen LogP contribution < -0.4 is 0 Å². The molecule has 1 aromatic rings. The molecule has 1 heterocycles. The van der Waals surface area contributed by atoms with Crippen LogP contribution in [0.2, 0.25) is 5.15 Å². The van der Waals surface area contributed by atoms with Crippen molar-refractivity contribution in [2.75, 3.05) is 0 Å². The molecule has 0 saturated heterocycles. The minimum Gasteiger partial charge on any atom is -0.481 e. The Morgan fingerprint density at radius 3 is 2.67 bits per heavy atom. The molecule has 0 aliphatic heterocycles. The van der Waals surface area contributed by atoms with Gasteiger partial charge >= 0.3 is 5.97 Å². The van der Waals surface area contributed by atoms with Gasteiger partial charge in [0.2, 0.25) is 0 Å². The summed E-state index contributed by atoms with van der Waals surface area (Å²) < 4.78 is 0. The van der Waals surface area contributed by atoms with Gasteiger partial charge < -0.3 is 5.11 Å². The van der Waals surface area contributed by atoms with Crippen LogP contribution in [-0.4, -0.2) is 16.1 Å². The van der Waals surface area contributed by atoms with E-state index in [1.165, 1.54) is 0 Å². The Bertz CT molecular complexity index is 417. The molecule has 4 heteroatoms. The van der Waals surface area contributed by atoms with Gasteiger partial charge in [-0.2, -0.15) is 0 Å². The molecule has 1 fully saturated rings. The lowest BCUT2D eigenvalue weighted by Crippen LogP contribution is -2.03. The van der Waals surface area contributed by atoms with Gasteiger partial charge in [0, 0.05) is 11.6 Å². The number of aliphatic carboxylic acids is 1. The van der Waals surface area contributed by atoms with E-state index in [-0.39, 0.29) is 17.3 Å². The van der Waals surface area contributed by atoms with Crippen LogP contribution in [0.15, 0.2) is 18.2 Å². The lowest BCUT2D eigenvalue weighted by atomic mass is 10.1. The molecule has 1 aromatic heterocycles. The highest BCUT2D eigenvalue weighted by Gasteiger charge is 2.63. The average molecular weight is 226 g/mol. The molecule has 0 bridgehead atoms. The second kappa shape index (κ2) is 3.20. The maximum Gasteiger partial charge on any atom is 0.307 e. The van der Waals surface area contributed by atoms with Gasteiger partial charge in [0.05, 0.1) is 5.92 Å². The Kier molecular flexibility index (Phi) is 2.23. The minimum absolute atomic E-state index is 0.0197. The van der Waals surface area contributed by atoms with Crippen LogP contribution in [0.4, 0.5) is 0 Å². The average Bonchev–Trinajstić information content (AvgIpc) is 2.69. The SMILES string of the molecule is CC1(C)C(C(=O)O)C1c1cccc(Cl)n1. The van der Waals surface area contributed by atoms with Gasteiger partial charge in [-0.05, 0) is 17.5 Å². The lowest BCUT2D eigenvalue weighted by Gasteiger charge is -2.01. The summed E-state index contributed by atoms with van der Waals surface area (Å²) in [6.45, 7) is 3.89. The van der Waals surface area contributed by atoms with Gasteiger partial charge in [-0.1, -0.05) is 31.5 Å². The maximum atomic E-state index is 11.0. The first-order valence-corrected chi connectivity index (χ1v) is 5.17. The second-order valence-electron chi connectivity index (χ2n) is 4.50. The molecule has 0 radical (unpaired) electrons. The van der Waals surface area contributed by atoms with Crippen molar-refractivity contribution in [1.82, 2.24) is 4.98 Å². The quantitative estimate of drug-likeness (QED) is 0.787. The second-order valence-corrected chi connectivity index (χ2v) is 4.89. The predicted octanol–water partition coefficient (Wildman–Crippen LogP) is 2.56. The first-order valence-electron chi connectivity index (χ1n) is 4.80. The molecule has 1 aliphatic rings. The normalized spacial score (nSPS) is 27.4. The Morgan fingerprint density at radius 2 is 2.20 bits per heavy atom. The van der Waals surface area contributed by atoms with Crippen LogP contribution in [-0.2, 0) is 4.79 Å². The summed E-state index contributed by atoms with van der Waals surface area (Å²) in [5.41, 5.74) is 0.559. The summed E-state index contributed by atoms with van der Waals surface area (Å²) in [6.07, 6.45) is 0. The summed E-state index contributed by atoms with van der Waals surface area (Å²) in [4.78, 5) is 15.2. The zero-order chi connectivity index (χ0) is 11.2. The van der Waals surface area contributed by atoms with Crippen molar-refractivity contribution in [1.29, 1.82) is 0 Å². The molecule has 1 aliphatic carbocycles. The summed E-state index contributed by atoms with van der Waals surface area (Å²) in [7, 11) is 0. The maximum absolute atomic E-state index is 11.0. The molecule has 2 rings (SSSR count). The van der Waals surface area contributed by atoms with Gasteiger partial charge in [-0.15, -0.1) is 0 Å².